The van der Waals surface area contributed by atoms with E-state index < -0.39 is 23.6 Å². The van der Waals surface area contributed by atoms with Crippen molar-refractivity contribution in [2.24, 2.45) is 0 Å². The minimum atomic E-state index is -4.40. The van der Waals surface area contributed by atoms with Crippen molar-refractivity contribution in [1.82, 2.24) is 20.3 Å². The molecule has 1 amide bonds. The number of pyridine rings is 1. The summed E-state index contributed by atoms with van der Waals surface area (Å²) in [4.78, 5) is 35.6. The van der Waals surface area contributed by atoms with Gasteiger partial charge in [-0.1, -0.05) is 25.5 Å². The summed E-state index contributed by atoms with van der Waals surface area (Å²) >= 11 is 0. The second-order valence-corrected chi connectivity index (χ2v) is 7.73. The Labute approximate surface area is 199 Å². The summed E-state index contributed by atoms with van der Waals surface area (Å²) in [6.45, 7) is 2.04. The maximum Gasteiger partial charge on any atom is 0.416 e. The number of aliphatic carboxylic acids is 1. The molecular weight excluding hydrogens is 463 g/mol. The number of alkyl halides is 3. The molecule has 0 bridgehead atoms. The number of halogens is 3. The van der Waals surface area contributed by atoms with E-state index in [2.05, 4.69) is 25.6 Å². The largest absolute Gasteiger partial charge is 0.481 e. The van der Waals surface area contributed by atoms with Crippen LogP contribution in [0.2, 0.25) is 0 Å². The monoisotopic (exact) mass is 487 g/mol. The third-order valence-corrected chi connectivity index (χ3v) is 5.07. The Bertz CT molecular complexity index is 1140. The normalized spacial score (nSPS) is 12.1. The Morgan fingerprint density at radius 1 is 1.00 bits per heavy atom. The zero-order valence-corrected chi connectivity index (χ0v) is 18.8. The van der Waals surface area contributed by atoms with Gasteiger partial charge >= 0.3 is 12.1 Å². The highest BCUT2D eigenvalue weighted by molar-refractivity contribution is 5.94. The molecule has 1 aromatic carbocycles. The van der Waals surface area contributed by atoms with Crippen LogP contribution in [0.4, 0.5) is 18.9 Å². The highest BCUT2D eigenvalue weighted by atomic mass is 19.4. The standard InChI is InChI=1S/C24H24F3N5O3/c1-2-3-20(19-9-6-16(12-29-19)23(35)28-11-10-21(33)34)32-18-13-30-22(31-14-18)15-4-7-17(8-5-15)24(25,26)27/h4-9,12-14,20,32H,2-3,10-11H2,1H3,(H,28,35)(H,33,34). The average Bonchev–Trinajstić information content (AvgIpc) is 2.83. The summed E-state index contributed by atoms with van der Waals surface area (Å²) in [5.74, 6) is -1.10. The van der Waals surface area contributed by atoms with Gasteiger partial charge in [0.15, 0.2) is 5.82 Å². The first-order chi connectivity index (χ1) is 16.7. The van der Waals surface area contributed by atoms with Crippen LogP contribution in [0.15, 0.2) is 55.0 Å². The van der Waals surface area contributed by atoms with Gasteiger partial charge in [0.1, 0.15) is 0 Å². The van der Waals surface area contributed by atoms with E-state index >= 15 is 0 Å². The van der Waals surface area contributed by atoms with Crippen LogP contribution in [-0.2, 0) is 11.0 Å². The molecule has 1 unspecified atom stereocenters. The topological polar surface area (TPSA) is 117 Å². The van der Waals surface area contributed by atoms with Crippen molar-refractivity contribution >= 4 is 17.6 Å². The molecule has 3 N–H and O–H groups in total. The number of aromatic nitrogens is 3. The van der Waals surface area contributed by atoms with Gasteiger partial charge in [0, 0.05) is 18.3 Å². The molecule has 0 saturated heterocycles. The maximum absolute atomic E-state index is 12.8. The first kappa shape index (κ1) is 25.6. The lowest BCUT2D eigenvalue weighted by Gasteiger charge is -2.19. The number of carboxylic acid groups (broad SMARTS) is 1. The smallest absolute Gasteiger partial charge is 0.416 e. The number of rotatable bonds is 10. The predicted octanol–water partition coefficient (Wildman–Crippen LogP) is 4.72. The predicted molar refractivity (Wildman–Crippen MR) is 123 cm³/mol. The lowest BCUT2D eigenvalue weighted by Crippen LogP contribution is -2.26. The first-order valence-corrected chi connectivity index (χ1v) is 10.9. The van der Waals surface area contributed by atoms with Gasteiger partial charge in [0.2, 0.25) is 0 Å². The summed E-state index contributed by atoms with van der Waals surface area (Å²) in [5.41, 5.74) is 1.35. The Balaban J connectivity index is 1.67. The second kappa shape index (κ2) is 11.4. The molecular formula is C24H24F3N5O3. The van der Waals surface area contributed by atoms with Crippen LogP contribution >= 0.6 is 0 Å². The molecule has 2 heterocycles. The number of carbonyl (C=O) groups excluding carboxylic acids is 1. The van der Waals surface area contributed by atoms with Crippen molar-refractivity contribution in [2.75, 3.05) is 11.9 Å². The molecule has 0 radical (unpaired) electrons. The van der Waals surface area contributed by atoms with Crippen molar-refractivity contribution in [3.05, 3.63) is 71.8 Å². The van der Waals surface area contributed by atoms with Crippen LogP contribution in [0.5, 0.6) is 0 Å². The molecule has 0 aliphatic heterocycles. The molecule has 0 aliphatic carbocycles. The van der Waals surface area contributed by atoms with Crippen molar-refractivity contribution in [1.29, 1.82) is 0 Å². The average molecular weight is 487 g/mol. The number of hydrogen-bond acceptors (Lipinski definition) is 6. The summed E-state index contributed by atoms with van der Waals surface area (Å²) < 4.78 is 38.3. The number of amides is 1. The van der Waals surface area contributed by atoms with Crippen molar-refractivity contribution in [2.45, 2.75) is 38.4 Å². The van der Waals surface area contributed by atoms with Gasteiger partial charge < -0.3 is 15.7 Å². The van der Waals surface area contributed by atoms with Gasteiger partial charge in [0.25, 0.3) is 5.91 Å². The molecule has 35 heavy (non-hydrogen) atoms. The molecule has 11 heteroatoms. The van der Waals surface area contributed by atoms with Crippen molar-refractivity contribution in [3.8, 4) is 11.4 Å². The maximum atomic E-state index is 12.8. The minimum absolute atomic E-state index is 0.0262. The Morgan fingerprint density at radius 2 is 1.69 bits per heavy atom. The van der Waals surface area contributed by atoms with Gasteiger partial charge in [-0.05, 0) is 30.7 Å². The first-order valence-electron chi connectivity index (χ1n) is 10.9. The van der Waals surface area contributed by atoms with Crippen LogP contribution in [-0.4, -0.2) is 38.5 Å². The van der Waals surface area contributed by atoms with Crippen molar-refractivity contribution in [3.63, 3.8) is 0 Å². The van der Waals surface area contributed by atoms with E-state index in [4.69, 9.17) is 5.11 Å². The van der Waals surface area contributed by atoms with E-state index in [1.54, 1.807) is 24.5 Å². The third-order valence-electron chi connectivity index (χ3n) is 5.07. The van der Waals surface area contributed by atoms with Gasteiger partial charge in [0.05, 0.1) is 47.4 Å². The molecule has 0 saturated carbocycles. The van der Waals surface area contributed by atoms with E-state index in [1.807, 2.05) is 6.92 Å². The number of carboxylic acids is 1. The Morgan fingerprint density at radius 3 is 2.23 bits per heavy atom. The number of nitrogens with zero attached hydrogens (tertiary/aromatic N) is 3. The lowest BCUT2D eigenvalue weighted by atomic mass is 10.1. The molecule has 3 rings (SSSR count). The zero-order chi connectivity index (χ0) is 25.4. The molecule has 0 spiro atoms. The van der Waals surface area contributed by atoms with E-state index in [-0.39, 0.29) is 19.0 Å². The number of hydrogen-bond donors (Lipinski definition) is 3. The highest BCUT2D eigenvalue weighted by Crippen LogP contribution is 2.30. The van der Waals surface area contributed by atoms with E-state index in [0.717, 1.165) is 25.0 Å². The molecule has 3 aromatic rings. The van der Waals surface area contributed by atoms with Crippen LogP contribution in [0, 0.1) is 0 Å². The molecule has 184 valence electrons. The third kappa shape index (κ3) is 7.23. The van der Waals surface area contributed by atoms with Crippen LogP contribution in [0.1, 0.15) is 53.8 Å². The molecule has 8 nitrogen and oxygen atoms in total. The molecule has 0 fully saturated rings. The molecule has 2 aromatic heterocycles. The fraction of sp³-hybridized carbons (Fsp3) is 0.292. The van der Waals surface area contributed by atoms with Crippen molar-refractivity contribution < 1.29 is 27.9 Å². The summed E-state index contributed by atoms with van der Waals surface area (Å²) in [7, 11) is 0. The number of nitrogens with one attached hydrogen (secondary N) is 2. The summed E-state index contributed by atoms with van der Waals surface area (Å²) in [6.07, 6.45) is 1.54. The Hall–Kier alpha value is -4.02. The van der Waals surface area contributed by atoms with Gasteiger partial charge in [-0.3, -0.25) is 14.6 Å². The fourth-order valence-electron chi connectivity index (χ4n) is 3.27. The van der Waals surface area contributed by atoms with Gasteiger partial charge in [-0.2, -0.15) is 13.2 Å². The lowest BCUT2D eigenvalue weighted by molar-refractivity contribution is -0.138. The number of carbonyl (C=O) groups is 2. The molecule has 1 atom stereocenters. The SMILES string of the molecule is CCCC(Nc1cnc(-c2ccc(C(F)(F)F)cc2)nc1)c1ccc(C(=O)NCCC(=O)O)cn1. The Kier molecular flexibility index (Phi) is 8.34. The second-order valence-electron chi connectivity index (χ2n) is 7.73. The van der Waals surface area contributed by atoms with E-state index in [0.29, 0.717) is 28.3 Å². The number of anilines is 1. The highest BCUT2D eigenvalue weighted by Gasteiger charge is 2.30. The van der Waals surface area contributed by atoms with Crippen LogP contribution in [0.25, 0.3) is 11.4 Å². The fourth-order valence-corrected chi connectivity index (χ4v) is 3.27. The zero-order valence-electron chi connectivity index (χ0n) is 18.8. The van der Waals surface area contributed by atoms with Gasteiger partial charge in [-0.25, -0.2) is 9.97 Å². The number of benzene rings is 1. The minimum Gasteiger partial charge on any atom is -0.481 e. The van der Waals surface area contributed by atoms with Crippen LogP contribution < -0.4 is 10.6 Å². The summed E-state index contributed by atoms with van der Waals surface area (Å²) in [5, 5.41) is 14.5. The quantitative estimate of drug-likeness (QED) is 0.379. The van der Waals surface area contributed by atoms with Crippen LogP contribution in [0.3, 0.4) is 0 Å². The molecule has 0 aliphatic rings. The van der Waals surface area contributed by atoms with Gasteiger partial charge in [-0.15, -0.1) is 0 Å². The van der Waals surface area contributed by atoms with E-state index in [1.165, 1.54) is 18.3 Å². The van der Waals surface area contributed by atoms with E-state index in [9.17, 15) is 22.8 Å². The summed E-state index contributed by atoms with van der Waals surface area (Å²) in [6, 6.07) is 7.78.